The predicted octanol–water partition coefficient (Wildman–Crippen LogP) is -0.0532. The second-order valence-electron chi connectivity index (χ2n) is 5.14. The molecule has 0 spiro atoms. The number of aromatic amines is 1. The summed E-state index contributed by atoms with van der Waals surface area (Å²) in [4.78, 5) is 44.1. The van der Waals surface area contributed by atoms with Gasteiger partial charge in [0, 0.05) is 30.5 Å². The highest BCUT2D eigenvalue weighted by molar-refractivity contribution is 6.24. The molecule has 1 aromatic heterocycles. The van der Waals surface area contributed by atoms with Gasteiger partial charge in [-0.15, -0.1) is 0 Å². The van der Waals surface area contributed by atoms with Crippen LogP contribution in [0.15, 0.2) is 30.7 Å². The average molecular weight is 313 g/mol. The Hall–Kier alpha value is -3.16. The molecule has 8 nitrogen and oxygen atoms in total. The number of nitrogens with one attached hydrogen (secondary N) is 2. The lowest BCUT2D eigenvalue weighted by atomic mass is 10.1. The maximum absolute atomic E-state index is 12.3. The van der Waals surface area contributed by atoms with Crippen LogP contribution in [0.4, 0.5) is 5.69 Å². The fourth-order valence-electron chi connectivity index (χ4n) is 2.46. The number of hydrogen-bond donors (Lipinski definition) is 3. The lowest BCUT2D eigenvalue weighted by Gasteiger charge is -2.13. The van der Waals surface area contributed by atoms with E-state index >= 15 is 0 Å². The van der Waals surface area contributed by atoms with Crippen molar-refractivity contribution in [2.45, 2.75) is 6.42 Å². The molecule has 3 amide bonds. The van der Waals surface area contributed by atoms with Gasteiger partial charge < -0.3 is 16.0 Å². The van der Waals surface area contributed by atoms with Crippen molar-refractivity contribution in [1.82, 2.24) is 20.2 Å². The lowest BCUT2D eigenvalue weighted by Crippen LogP contribution is -2.40. The normalized spacial score (nSPS) is 13.3. The summed E-state index contributed by atoms with van der Waals surface area (Å²) in [6.07, 6.45) is 3.81. The van der Waals surface area contributed by atoms with Gasteiger partial charge in [0.25, 0.3) is 11.8 Å². The van der Waals surface area contributed by atoms with E-state index in [1.807, 2.05) is 0 Å². The number of carbonyl (C=O) groups is 3. The van der Waals surface area contributed by atoms with Gasteiger partial charge in [-0.3, -0.25) is 19.3 Å². The molecule has 4 N–H and O–H groups in total. The Kier molecular flexibility index (Phi) is 3.80. The number of imidazole rings is 1. The van der Waals surface area contributed by atoms with Gasteiger partial charge in [0.05, 0.1) is 17.5 Å². The maximum atomic E-state index is 12.3. The predicted molar refractivity (Wildman–Crippen MR) is 81.5 cm³/mol. The highest BCUT2D eigenvalue weighted by atomic mass is 16.2. The summed E-state index contributed by atoms with van der Waals surface area (Å²) in [7, 11) is 0. The van der Waals surface area contributed by atoms with Crippen LogP contribution in [-0.2, 0) is 11.2 Å². The van der Waals surface area contributed by atoms with Crippen LogP contribution >= 0.6 is 0 Å². The number of hydrogen-bond acceptors (Lipinski definition) is 5. The SMILES string of the molecule is Nc1cccc2c1C(=O)N(CC(=O)NCCc1cnc[nH]1)C2=O. The monoisotopic (exact) mass is 313 g/mol. The number of anilines is 1. The summed E-state index contributed by atoms with van der Waals surface area (Å²) in [5, 5.41) is 2.67. The summed E-state index contributed by atoms with van der Waals surface area (Å²) in [5.74, 6) is -1.44. The van der Waals surface area contributed by atoms with Crippen molar-refractivity contribution in [3.63, 3.8) is 0 Å². The van der Waals surface area contributed by atoms with Gasteiger partial charge in [-0.2, -0.15) is 0 Å². The smallest absolute Gasteiger partial charge is 0.264 e. The summed E-state index contributed by atoms with van der Waals surface area (Å²) in [5.41, 5.74) is 7.27. The highest BCUT2D eigenvalue weighted by Gasteiger charge is 2.37. The van der Waals surface area contributed by atoms with Gasteiger partial charge in [-0.1, -0.05) is 6.07 Å². The largest absolute Gasteiger partial charge is 0.398 e. The number of amides is 3. The zero-order valence-corrected chi connectivity index (χ0v) is 12.2. The quantitative estimate of drug-likeness (QED) is 0.528. The topological polar surface area (TPSA) is 121 Å². The molecule has 0 saturated heterocycles. The van der Waals surface area contributed by atoms with E-state index in [0.29, 0.717) is 13.0 Å². The van der Waals surface area contributed by atoms with Crippen molar-refractivity contribution in [3.8, 4) is 0 Å². The molecule has 118 valence electrons. The minimum atomic E-state index is -0.535. The third kappa shape index (κ3) is 2.78. The van der Waals surface area contributed by atoms with E-state index in [9.17, 15) is 14.4 Å². The number of aromatic nitrogens is 2. The lowest BCUT2D eigenvalue weighted by molar-refractivity contribution is -0.121. The molecule has 0 unspecified atom stereocenters. The molecule has 2 aromatic rings. The van der Waals surface area contributed by atoms with Gasteiger partial charge in [-0.25, -0.2) is 4.98 Å². The van der Waals surface area contributed by atoms with Gasteiger partial charge in [0.15, 0.2) is 0 Å². The molecule has 0 fully saturated rings. The summed E-state index contributed by atoms with van der Waals surface area (Å²) in [6.45, 7) is 0.0566. The van der Waals surface area contributed by atoms with Crippen molar-refractivity contribution in [2.24, 2.45) is 0 Å². The Morgan fingerprint density at radius 2 is 2.13 bits per heavy atom. The minimum absolute atomic E-state index is 0.169. The number of H-pyrrole nitrogens is 1. The first kappa shape index (κ1) is 14.8. The summed E-state index contributed by atoms with van der Waals surface area (Å²) < 4.78 is 0. The zero-order chi connectivity index (χ0) is 16.4. The molecule has 0 aliphatic carbocycles. The fourth-order valence-corrected chi connectivity index (χ4v) is 2.46. The van der Waals surface area contributed by atoms with Crippen LogP contribution in [-0.4, -0.2) is 45.7 Å². The van der Waals surface area contributed by atoms with Gasteiger partial charge in [0.1, 0.15) is 6.54 Å². The van der Waals surface area contributed by atoms with Crippen LogP contribution in [0.5, 0.6) is 0 Å². The van der Waals surface area contributed by atoms with Crippen LogP contribution < -0.4 is 11.1 Å². The van der Waals surface area contributed by atoms with E-state index in [2.05, 4.69) is 15.3 Å². The Morgan fingerprint density at radius 3 is 2.83 bits per heavy atom. The average Bonchev–Trinajstić information content (AvgIpc) is 3.11. The molecule has 8 heteroatoms. The first-order valence-electron chi connectivity index (χ1n) is 7.06. The van der Waals surface area contributed by atoms with Crippen LogP contribution in [0.25, 0.3) is 0 Å². The molecule has 0 radical (unpaired) electrons. The van der Waals surface area contributed by atoms with Crippen LogP contribution in [0.1, 0.15) is 26.4 Å². The second kappa shape index (κ2) is 5.91. The van der Waals surface area contributed by atoms with E-state index < -0.39 is 17.7 Å². The molecule has 2 heterocycles. The third-order valence-electron chi connectivity index (χ3n) is 3.60. The number of carbonyl (C=O) groups excluding carboxylic acids is 3. The molecule has 1 aliphatic heterocycles. The minimum Gasteiger partial charge on any atom is -0.398 e. The van der Waals surface area contributed by atoms with Crippen LogP contribution in [0, 0.1) is 0 Å². The van der Waals surface area contributed by atoms with E-state index in [1.54, 1.807) is 24.7 Å². The highest BCUT2D eigenvalue weighted by Crippen LogP contribution is 2.27. The Bertz CT molecular complexity index is 769. The van der Waals surface area contributed by atoms with Crippen LogP contribution in [0.2, 0.25) is 0 Å². The summed E-state index contributed by atoms with van der Waals surface area (Å²) in [6, 6.07) is 4.69. The molecule has 0 bridgehead atoms. The Balaban J connectivity index is 1.60. The Labute approximate surface area is 131 Å². The fraction of sp³-hybridized carbons (Fsp3) is 0.200. The van der Waals surface area contributed by atoms with E-state index in [-0.39, 0.29) is 23.4 Å². The molecular formula is C15H15N5O3. The summed E-state index contributed by atoms with van der Waals surface area (Å²) >= 11 is 0. The van der Waals surface area contributed by atoms with E-state index in [0.717, 1.165) is 10.6 Å². The number of benzene rings is 1. The van der Waals surface area contributed by atoms with Crippen molar-refractivity contribution in [2.75, 3.05) is 18.8 Å². The zero-order valence-electron chi connectivity index (χ0n) is 12.2. The number of fused-ring (bicyclic) bond motifs is 1. The number of nitrogen functional groups attached to an aromatic ring is 1. The number of nitrogens with two attached hydrogens (primary N) is 1. The van der Waals surface area contributed by atoms with Crippen molar-refractivity contribution in [1.29, 1.82) is 0 Å². The Morgan fingerprint density at radius 1 is 1.30 bits per heavy atom. The molecule has 1 aliphatic rings. The van der Waals surface area contributed by atoms with Crippen LogP contribution in [0.3, 0.4) is 0 Å². The standard InChI is InChI=1S/C15H15N5O3/c16-11-3-1-2-10-13(11)15(23)20(14(10)22)7-12(21)18-5-4-9-6-17-8-19-9/h1-3,6,8H,4-5,7,16H2,(H,17,19)(H,18,21). The second-order valence-corrected chi connectivity index (χ2v) is 5.14. The van der Waals surface area contributed by atoms with Crippen molar-refractivity contribution >= 4 is 23.4 Å². The first-order chi connectivity index (χ1) is 11.1. The van der Waals surface area contributed by atoms with Crippen molar-refractivity contribution < 1.29 is 14.4 Å². The number of rotatable bonds is 5. The van der Waals surface area contributed by atoms with E-state index in [4.69, 9.17) is 5.73 Å². The maximum Gasteiger partial charge on any atom is 0.264 e. The molecule has 0 saturated carbocycles. The molecule has 3 rings (SSSR count). The number of nitrogens with zero attached hydrogens (tertiary/aromatic N) is 2. The van der Waals surface area contributed by atoms with Gasteiger partial charge >= 0.3 is 0 Å². The molecule has 1 aromatic carbocycles. The van der Waals surface area contributed by atoms with Gasteiger partial charge in [0.2, 0.25) is 5.91 Å². The van der Waals surface area contributed by atoms with E-state index in [1.165, 1.54) is 6.07 Å². The molecule has 0 atom stereocenters. The van der Waals surface area contributed by atoms with Gasteiger partial charge in [-0.05, 0) is 12.1 Å². The molecular weight excluding hydrogens is 298 g/mol. The molecule has 23 heavy (non-hydrogen) atoms. The third-order valence-corrected chi connectivity index (χ3v) is 3.60. The number of imide groups is 1. The first-order valence-corrected chi connectivity index (χ1v) is 7.06. The van der Waals surface area contributed by atoms with Crippen molar-refractivity contribution in [3.05, 3.63) is 47.5 Å².